The van der Waals surface area contributed by atoms with Crippen LogP contribution in [0.1, 0.15) is 0 Å². The van der Waals surface area contributed by atoms with Crippen LogP contribution >= 0.6 is 0 Å². The lowest BCUT2D eigenvalue weighted by Crippen LogP contribution is -2.44. The molecule has 3 heterocycles. The van der Waals surface area contributed by atoms with Crippen LogP contribution in [0.15, 0.2) is 59.7 Å². The fourth-order valence-electron chi connectivity index (χ4n) is 4.12. The van der Waals surface area contributed by atoms with E-state index in [2.05, 4.69) is 37.1 Å². The minimum Gasteiger partial charge on any atom is -0.465 e. The van der Waals surface area contributed by atoms with Crippen molar-refractivity contribution in [3.63, 3.8) is 0 Å². The summed E-state index contributed by atoms with van der Waals surface area (Å²) in [7, 11) is 3.70. The van der Waals surface area contributed by atoms with E-state index in [4.69, 9.17) is 15.2 Å². The van der Waals surface area contributed by atoms with Gasteiger partial charge in [-0.25, -0.2) is 9.97 Å². The van der Waals surface area contributed by atoms with Gasteiger partial charge in [0.25, 0.3) is 5.56 Å². The number of anilines is 4. The van der Waals surface area contributed by atoms with Gasteiger partial charge in [-0.05, 0) is 37.4 Å². The number of nitrogens with zero attached hydrogens (tertiary/aromatic N) is 6. The van der Waals surface area contributed by atoms with Crippen molar-refractivity contribution in [3.05, 3.63) is 65.2 Å². The molecule has 0 spiro atoms. The van der Waals surface area contributed by atoms with Gasteiger partial charge in [0, 0.05) is 50.7 Å². The third kappa shape index (κ3) is 4.92. The highest BCUT2D eigenvalue weighted by molar-refractivity contribution is 5.75. The number of hydrogen-bond donors (Lipinski definition) is 2. The first-order chi connectivity index (χ1) is 17.5. The maximum Gasteiger partial charge on any atom is 0.275 e. The van der Waals surface area contributed by atoms with Crippen molar-refractivity contribution in [2.24, 2.45) is 0 Å². The molecule has 0 bridgehead atoms. The highest BCUT2D eigenvalue weighted by Gasteiger charge is 2.17. The Morgan fingerprint density at radius 1 is 1.03 bits per heavy atom. The van der Waals surface area contributed by atoms with Crippen molar-refractivity contribution < 1.29 is 9.47 Å². The van der Waals surface area contributed by atoms with E-state index in [1.54, 1.807) is 37.6 Å². The number of likely N-dealkylation sites (N-methyl/N-ethyl adjacent to an activating group) is 1. The van der Waals surface area contributed by atoms with Crippen molar-refractivity contribution in [1.82, 2.24) is 24.4 Å². The topological polar surface area (TPSA) is 124 Å². The predicted molar refractivity (Wildman–Crippen MR) is 139 cm³/mol. The van der Waals surface area contributed by atoms with Crippen molar-refractivity contribution in [3.8, 4) is 11.4 Å². The first-order valence-electron chi connectivity index (χ1n) is 11.6. The lowest BCUT2D eigenvalue weighted by Gasteiger charge is -2.34. The van der Waals surface area contributed by atoms with Crippen LogP contribution in [-0.2, 0) is 4.74 Å². The number of ether oxygens (including phenoxy) is 2. The third-order valence-electron chi connectivity index (χ3n) is 6.04. The second kappa shape index (κ2) is 10.2. The average Bonchev–Trinajstić information content (AvgIpc) is 2.88. The zero-order chi connectivity index (χ0) is 25.1. The first kappa shape index (κ1) is 23.5. The number of nitrogens with one attached hydrogen (secondary N) is 1. The van der Waals surface area contributed by atoms with Gasteiger partial charge in [0.15, 0.2) is 12.4 Å². The van der Waals surface area contributed by atoms with Crippen LogP contribution in [0.3, 0.4) is 0 Å². The van der Waals surface area contributed by atoms with E-state index in [0.29, 0.717) is 39.9 Å². The highest BCUT2D eigenvalue weighted by atomic mass is 16.7. The second-order valence-electron chi connectivity index (χ2n) is 8.58. The quantitative estimate of drug-likeness (QED) is 0.296. The zero-order valence-corrected chi connectivity index (χ0v) is 20.2. The zero-order valence-electron chi connectivity index (χ0n) is 20.2. The number of nitrogens with two attached hydrogens (primary N) is 1. The minimum absolute atomic E-state index is 0.0956. The number of nitrogen functional groups attached to an aromatic ring is 1. The third-order valence-corrected chi connectivity index (χ3v) is 6.04. The summed E-state index contributed by atoms with van der Waals surface area (Å²) < 4.78 is 12.5. The molecule has 0 aliphatic carbocycles. The molecule has 11 nitrogen and oxygen atoms in total. The van der Waals surface area contributed by atoms with Gasteiger partial charge < -0.3 is 30.3 Å². The molecule has 2 aromatic carbocycles. The molecule has 1 aliphatic heterocycles. The molecule has 5 rings (SSSR count). The Morgan fingerprint density at radius 2 is 1.86 bits per heavy atom. The van der Waals surface area contributed by atoms with Crippen LogP contribution in [0.5, 0.6) is 5.75 Å². The van der Waals surface area contributed by atoms with E-state index in [9.17, 15) is 4.79 Å². The van der Waals surface area contributed by atoms with E-state index in [-0.39, 0.29) is 12.4 Å². The van der Waals surface area contributed by atoms with Crippen molar-refractivity contribution in [2.75, 3.05) is 63.1 Å². The molecule has 0 radical (unpaired) electrons. The molecule has 0 amide bonds. The maximum absolute atomic E-state index is 12.7. The predicted octanol–water partition coefficient (Wildman–Crippen LogP) is 2.24. The Labute approximate surface area is 208 Å². The van der Waals surface area contributed by atoms with Gasteiger partial charge in [-0.2, -0.15) is 4.98 Å². The van der Waals surface area contributed by atoms with Gasteiger partial charge in [0.1, 0.15) is 11.3 Å². The number of benzene rings is 2. The summed E-state index contributed by atoms with van der Waals surface area (Å²) in [6, 6.07) is 13.0. The molecule has 36 heavy (non-hydrogen) atoms. The molecule has 11 heteroatoms. The highest BCUT2D eigenvalue weighted by Crippen LogP contribution is 2.32. The largest absolute Gasteiger partial charge is 0.465 e. The van der Waals surface area contributed by atoms with Gasteiger partial charge in [0.05, 0.1) is 23.8 Å². The Balaban J connectivity index is 1.50. The van der Waals surface area contributed by atoms with Crippen LogP contribution < -0.4 is 26.2 Å². The number of fused-ring (bicyclic) bond motifs is 1. The smallest absolute Gasteiger partial charge is 0.275 e. The summed E-state index contributed by atoms with van der Waals surface area (Å²) in [4.78, 5) is 30.6. The standard InChI is InChI=1S/C25H28N8O3/c1-31-8-10-32(11-9-31)18-6-7-20(22(13-18)36-16-35-2)29-25-28-14-21-24(30-25)33(23(34)15-27-21)19-5-3-4-17(26)12-19/h3-7,12-15H,8-11,16,26H2,1-2H3,(H,28,29,30). The summed E-state index contributed by atoms with van der Waals surface area (Å²) in [5, 5.41) is 3.22. The van der Waals surface area contributed by atoms with Gasteiger partial charge in [-0.3, -0.25) is 9.36 Å². The number of methoxy groups -OCH3 is 1. The fourth-order valence-corrected chi connectivity index (χ4v) is 4.12. The van der Waals surface area contributed by atoms with Crippen LogP contribution in [0, 0.1) is 0 Å². The molecule has 1 saturated heterocycles. The number of rotatable bonds is 7. The summed E-state index contributed by atoms with van der Waals surface area (Å²) in [5.41, 5.74) is 9.34. The SMILES string of the molecule is COCOc1cc(N2CCN(C)CC2)ccc1Nc1ncc2ncc(=O)n(-c3cccc(N)c3)c2n1. The molecule has 1 fully saturated rings. The van der Waals surface area contributed by atoms with E-state index in [1.807, 2.05) is 18.2 Å². The van der Waals surface area contributed by atoms with Gasteiger partial charge in [0.2, 0.25) is 5.95 Å². The van der Waals surface area contributed by atoms with Gasteiger partial charge in [-0.15, -0.1) is 0 Å². The molecule has 3 N–H and O–H groups in total. The molecule has 0 saturated carbocycles. The van der Waals surface area contributed by atoms with Crippen molar-refractivity contribution >= 4 is 34.2 Å². The van der Waals surface area contributed by atoms with E-state index in [1.165, 1.54) is 10.8 Å². The Hall–Kier alpha value is -4.22. The number of hydrogen-bond acceptors (Lipinski definition) is 10. The summed E-state index contributed by atoms with van der Waals surface area (Å²) in [5.74, 6) is 0.901. The monoisotopic (exact) mass is 488 g/mol. The second-order valence-corrected chi connectivity index (χ2v) is 8.58. The number of aromatic nitrogens is 4. The molecule has 186 valence electrons. The van der Waals surface area contributed by atoms with Gasteiger partial charge in [-0.1, -0.05) is 6.07 Å². The molecular formula is C25H28N8O3. The minimum atomic E-state index is -0.321. The Bertz CT molecular complexity index is 1430. The average molecular weight is 489 g/mol. The fraction of sp³-hybridized carbons (Fsp3) is 0.280. The summed E-state index contributed by atoms with van der Waals surface area (Å²) >= 11 is 0. The van der Waals surface area contributed by atoms with Crippen LogP contribution in [0.25, 0.3) is 16.9 Å². The number of piperazine rings is 1. The van der Waals surface area contributed by atoms with E-state index in [0.717, 1.165) is 31.9 Å². The summed E-state index contributed by atoms with van der Waals surface area (Å²) in [6.45, 7) is 3.98. The molecule has 2 aromatic heterocycles. The normalized spacial score (nSPS) is 14.2. The molecule has 0 unspecified atom stereocenters. The Kier molecular flexibility index (Phi) is 6.65. The van der Waals surface area contributed by atoms with Gasteiger partial charge >= 0.3 is 0 Å². The first-order valence-corrected chi connectivity index (χ1v) is 11.6. The van der Waals surface area contributed by atoms with E-state index < -0.39 is 0 Å². The van der Waals surface area contributed by atoms with Crippen LogP contribution in [0.4, 0.5) is 23.0 Å². The van der Waals surface area contributed by atoms with Crippen LogP contribution in [-0.4, -0.2) is 71.5 Å². The molecular weight excluding hydrogens is 460 g/mol. The maximum atomic E-state index is 12.7. The lowest BCUT2D eigenvalue weighted by atomic mass is 10.2. The molecule has 4 aromatic rings. The van der Waals surface area contributed by atoms with Crippen molar-refractivity contribution in [2.45, 2.75) is 0 Å². The summed E-state index contributed by atoms with van der Waals surface area (Å²) in [6.07, 6.45) is 2.82. The van der Waals surface area contributed by atoms with Crippen LogP contribution in [0.2, 0.25) is 0 Å². The molecule has 0 atom stereocenters. The Morgan fingerprint density at radius 3 is 2.64 bits per heavy atom. The van der Waals surface area contributed by atoms with E-state index >= 15 is 0 Å². The lowest BCUT2D eigenvalue weighted by molar-refractivity contribution is 0.0516. The molecule has 1 aliphatic rings. The van der Waals surface area contributed by atoms with Crippen molar-refractivity contribution in [1.29, 1.82) is 0 Å².